The summed E-state index contributed by atoms with van der Waals surface area (Å²) in [7, 11) is 1.78. The summed E-state index contributed by atoms with van der Waals surface area (Å²) in [6.07, 6.45) is 4.08. The zero-order valence-corrected chi connectivity index (χ0v) is 9.19. The average Bonchev–Trinajstić information content (AvgIpc) is 2.64. The van der Waals surface area contributed by atoms with Gasteiger partial charge in [-0.3, -0.25) is 9.48 Å². The maximum Gasteiger partial charge on any atom is 0.254 e. The van der Waals surface area contributed by atoms with Crippen LogP contribution in [0, 0.1) is 0 Å². The van der Waals surface area contributed by atoms with Crippen molar-refractivity contribution in [1.82, 2.24) is 15.1 Å². The Morgan fingerprint density at radius 3 is 3.07 bits per heavy atom. The lowest BCUT2D eigenvalue weighted by molar-refractivity contribution is 0.0944. The first-order valence-corrected chi connectivity index (χ1v) is 5.08. The van der Waals surface area contributed by atoms with Crippen LogP contribution >= 0.6 is 0 Å². The first kappa shape index (κ1) is 11.7. The van der Waals surface area contributed by atoms with Crippen molar-refractivity contribution in [3.63, 3.8) is 0 Å². The second kappa shape index (κ2) is 6.19. The molecule has 1 aromatic heterocycles. The molecule has 0 unspecified atom stereocenters. The fourth-order valence-electron chi connectivity index (χ4n) is 1.16. The van der Waals surface area contributed by atoms with Gasteiger partial charge in [0.2, 0.25) is 0 Å². The summed E-state index contributed by atoms with van der Waals surface area (Å²) in [5.74, 6) is -0.0837. The number of carbonyl (C=O) groups is 1. The van der Waals surface area contributed by atoms with E-state index in [1.165, 1.54) is 0 Å². The van der Waals surface area contributed by atoms with E-state index in [9.17, 15) is 4.79 Å². The predicted molar refractivity (Wildman–Crippen MR) is 56.7 cm³/mol. The quantitative estimate of drug-likeness (QED) is 0.700. The molecule has 0 saturated carbocycles. The number of hydrogen-bond donors (Lipinski definition) is 1. The fraction of sp³-hybridized carbons (Fsp3) is 0.600. The Balaban J connectivity index is 2.19. The zero-order valence-electron chi connectivity index (χ0n) is 9.19. The molecule has 0 saturated heterocycles. The van der Waals surface area contributed by atoms with Crippen molar-refractivity contribution in [2.24, 2.45) is 7.05 Å². The normalized spacial score (nSPS) is 10.3. The number of aromatic nitrogens is 2. The van der Waals surface area contributed by atoms with Gasteiger partial charge in [-0.05, 0) is 13.3 Å². The number of rotatable bonds is 6. The Morgan fingerprint density at radius 2 is 2.47 bits per heavy atom. The van der Waals surface area contributed by atoms with Crippen LogP contribution < -0.4 is 5.32 Å². The maximum absolute atomic E-state index is 11.5. The molecule has 1 amide bonds. The Kier molecular flexibility index (Phi) is 4.83. The van der Waals surface area contributed by atoms with Crippen LogP contribution in [0.2, 0.25) is 0 Å². The number of nitrogens with one attached hydrogen (secondary N) is 1. The molecule has 5 heteroatoms. The number of aryl methyl sites for hydroxylation is 1. The number of nitrogens with zero attached hydrogens (tertiary/aromatic N) is 2. The largest absolute Gasteiger partial charge is 0.382 e. The predicted octanol–water partition coefficient (Wildman–Crippen LogP) is 0.577. The van der Waals surface area contributed by atoms with Gasteiger partial charge in [0.15, 0.2) is 0 Å². The van der Waals surface area contributed by atoms with Crippen molar-refractivity contribution in [3.8, 4) is 0 Å². The third-order valence-corrected chi connectivity index (χ3v) is 1.92. The summed E-state index contributed by atoms with van der Waals surface area (Å²) in [6, 6.07) is 0. The number of ether oxygens (including phenoxy) is 1. The third kappa shape index (κ3) is 4.12. The van der Waals surface area contributed by atoms with Gasteiger partial charge in [0.25, 0.3) is 5.91 Å². The first-order valence-electron chi connectivity index (χ1n) is 5.08. The van der Waals surface area contributed by atoms with E-state index >= 15 is 0 Å². The summed E-state index contributed by atoms with van der Waals surface area (Å²) >= 11 is 0. The van der Waals surface area contributed by atoms with E-state index in [2.05, 4.69) is 10.4 Å². The molecule has 0 spiro atoms. The molecule has 84 valence electrons. The van der Waals surface area contributed by atoms with E-state index < -0.39 is 0 Å². The highest BCUT2D eigenvalue weighted by Crippen LogP contribution is 1.95. The molecular formula is C10H17N3O2. The summed E-state index contributed by atoms with van der Waals surface area (Å²) in [4.78, 5) is 11.5. The number of carbonyl (C=O) groups excluding carboxylic acids is 1. The van der Waals surface area contributed by atoms with Gasteiger partial charge in [0, 0.05) is 33.0 Å². The molecule has 0 aliphatic heterocycles. The molecular weight excluding hydrogens is 194 g/mol. The molecule has 0 aliphatic carbocycles. The first-order chi connectivity index (χ1) is 7.24. The van der Waals surface area contributed by atoms with Gasteiger partial charge in [0.05, 0.1) is 11.8 Å². The summed E-state index contributed by atoms with van der Waals surface area (Å²) in [6.45, 7) is 3.99. The molecule has 0 bridgehead atoms. The van der Waals surface area contributed by atoms with Gasteiger partial charge in [0.1, 0.15) is 0 Å². The van der Waals surface area contributed by atoms with Crippen molar-refractivity contribution in [3.05, 3.63) is 18.0 Å². The second-order valence-corrected chi connectivity index (χ2v) is 3.21. The molecule has 1 rings (SSSR count). The van der Waals surface area contributed by atoms with E-state index in [0.29, 0.717) is 18.7 Å². The molecule has 15 heavy (non-hydrogen) atoms. The van der Waals surface area contributed by atoms with Gasteiger partial charge < -0.3 is 10.1 Å². The highest BCUT2D eigenvalue weighted by Gasteiger charge is 2.05. The minimum atomic E-state index is -0.0837. The maximum atomic E-state index is 11.5. The van der Waals surface area contributed by atoms with Crippen molar-refractivity contribution in [2.45, 2.75) is 13.3 Å². The van der Waals surface area contributed by atoms with Gasteiger partial charge in [-0.15, -0.1) is 0 Å². The van der Waals surface area contributed by atoms with E-state index in [4.69, 9.17) is 4.74 Å². The van der Waals surface area contributed by atoms with Crippen LogP contribution in [0.3, 0.4) is 0 Å². The van der Waals surface area contributed by atoms with E-state index in [1.54, 1.807) is 24.1 Å². The summed E-state index contributed by atoms with van der Waals surface area (Å²) in [5.41, 5.74) is 0.592. The Hall–Kier alpha value is -1.36. The van der Waals surface area contributed by atoms with Crippen LogP contribution in [0.25, 0.3) is 0 Å². The lowest BCUT2D eigenvalue weighted by Gasteiger charge is -2.03. The standard InChI is InChI=1S/C10H17N3O2/c1-3-15-6-4-5-11-10(14)9-7-12-13(2)8-9/h7-8H,3-6H2,1-2H3,(H,11,14). The Bertz CT molecular complexity index is 309. The van der Waals surface area contributed by atoms with E-state index in [1.807, 2.05) is 6.92 Å². The van der Waals surface area contributed by atoms with Crippen molar-refractivity contribution in [1.29, 1.82) is 0 Å². The van der Waals surface area contributed by atoms with Crippen molar-refractivity contribution < 1.29 is 9.53 Å². The smallest absolute Gasteiger partial charge is 0.254 e. The minimum Gasteiger partial charge on any atom is -0.382 e. The molecule has 0 fully saturated rings. The Morgan fingerprint density at radius 1 is 1.67 bits per heavy atom. The zero-order chi connectivity index (χ0) is 11.1. The monoisotopic (exact) mass is 211 g/mol. The molecule has 0 aliphatic rings. The van der Waals surface area contributed by atoms with Crippen molar-refractivity contribution >= 4 is 5.91 Å². The van der Waals surface area contributed by atoms with Crippen LogP contribution in [0.15, 0.2) is 12.4 Å². The van der Waals surface area contributed by atoms with Crippen LogP contribution in [-0.2, 0) is 11.8 Å². The van der Waals surface area contributed by atoms with Gasteiger partial charge in [-0.1, -0.05) is 0 Å². The van der Waals surface area contributed by atoms with Crippen LogP contribution in [0.1, 0.15) is 23.7 Å². The fourth-order valence-corrected chi connectivity index (χ4v) is 1.16. The molecule has 1 N–H and O–H groups in total. The minimum absolute atomic E-state index is 0.0837. The average molecular weight is 211 g/mol. The molecule has 1 heterocycles. The van der Waals surface area contributed by atoms with E-state index in [-0.39, 0.29) is 5.91 Å². The molecule has 0 atom stereocenters. The lowest BCUT2D eigenvalue weighted by atomic mass is 10.3. The number of hydrogen-bond acceptors (Lipinski definition) is 3. The lowest BCUT2D eigenvalue weighted by Crippen LogP contribution is -2.24. The highest BCUT2D eigenvalue weighted by atomic mass is 16.5. The summed E-state index contributed by atoms with van der Waals surface area (Å²) < 4.78 is 6.76. The highest BCUT2D eigenvalue weighted by molar-refractivity contribution is 5.93. The van der Waals surface area contributed by atoms with Crippen LogP contribution in [0.5, 0.6) is 0 Å². The molecule has 0 aromatic carbocycles. The van der Waals surface area contributed by atoms with Gasteiger partial charge in [-0.25, -0.2) is 0 Å². The SMILES string of the molecule is CCOCCCNC(=O)c1cnn(C)c1. The molecule has 0 radical (unpaired) electrons. The molecule has 1 aromatic rings. The number of amides is 1. The van der Waals surface area contributed by atoms with Gasteiger partial charge >= 0.3 is 0 Å². The van der Waals surface area contributed by atoms with Crippen LogP contribution in [0.4, 0.5) is 0 Å². The molecule has 5 nitrogen and oxygen atoms in total. The van der Waals surface area contributed by atoms with Crippen LogP contribution in [-0.4, -0.2) is 35.4 Å². The third-order valence-electron chi connectivity index (χ3n) is 1.92. The Labute approximate surface area is 89.4 Å². The summed E-state index contributed by atoms with van der Waals surface area (Å²) in [5, 5.41) is 6.73. The topological polar surface area (TPSA) is 56.1 Å². The van der Waals surface area contributed by atoms with E-state index in [0.717, 1.165) is 13.0 Å². The van der Waals surface area contributed by atoms with Crippen molar-refractivity contribution in [2.75, 3.05) is 19.8 Å². The second-order valence-electron chi connectivity index (χ2n) is 3.21. The van der Waals surface area contributed by atoms with Gasteiger partial charge in [-0.2, -0.15) is 5.10 Å².